The molecule has 0 bridgehead atoms. The first-order chi connectivity index (χ1) is 10.1. The Morgan fingerprint density at radius 1 is 1.00 bits per heavy atom. The lowest BCUT2D eigenvalue weighted by atomic mass is 10.0. The molecule has 1 aromatic carbocycles. The number of likely N-dealkylation sites (tertiary alicyclic amines) is 1. The first kappa shape index (κ1) is 14.3. The van der Waals surface area contributed by atoms with E-state index in [1.165, 1.54) is 31.2 Å². The third-order valence-corrected chi connectivity index (χ3v) is 4.54. The van der Waals surface area contributed by atoms with Crippen LogP contribution in [0.1, 0.15) is 42.4 Å². The molecule has 0 atom stereocenters. The molecule has 0 spiro atoms. The average molecular weight is 285 g/mol. The van der Waals surface area contributed by atoms with Crippen molar-refractivity contribution in [1.82, 2.24) is 4.90 Å². The van der Waals surface area contributed by atoms with Crippen molar-refractivity contribution in [2.24, 2.45) is 0 Å². The molecule has 1 saturated heterocycles. The van der Waals surface area contributed by atoms with Crippen molar-refractivity contribution in [2.75, 3.05) is 13.1 Å². The number of hydrogen-bond acceptors (Lipinski definition) is 3. The SMILES string of the molecule is Cc1cc2oc(=O)cc(CN3CCCCCC3)c2cc1C. The molecule has 3 heteroatoms. The van der Waals surface area contributed by atoms with Gasteiger partial charge in [-0.25, -0.2) is 4.79 Å². The Labute approximate surface area is 125 Å². The third-order valence-electron chi connectivity index (χ3n) is 4.54. The summed E-state index contributed by atoms with van der Waals surface area (Å²) in [5.41, 5.74) is 3.99. The molecule has 0 saturated carbocycles. The molecular weight excluding hydrogens is 262 g/mol. The number of rotatable bonds is 2. The molecule has 1 aliphatic heterocycles. The Bertz CT molecular complexity index is 694. The van der Waals surface area contributed by atoms with Crippen LogP contribution in [0.15, 0.2) is 27.4 Å². The molecule has 3 nitrogen and oxygen atoms in total. The molecule has 0 unspecified atom stereocenters. The molecule has 3 rings (SSSR count). The van der Waals surface area contributed by atoms with Gasteiger partial charge in [0.25, 0.3) is 0 Å². The van der Waals surface area contributed by atoms with Gasteiger partial charge in [-0.05, 0) is 68.6 Å². The number of hydrogen-bond donors (Lipinski definition) is 0. The Morgan fingerprint density at radius 3 is 2.38 bits per heavy atom. The molecule has 1 aromatic heterocycles. The number of benzene rings is 1. The normalized spacial score (nSPS) is 17.0. The van der Waals surface area contributed by atoms with E-state index in [1.807, 2.05) is 6.07 Å². The van der Waals surface area contributed by atoms with Crippen LogP contribution in [0, 0.1) is 13.8 Å². The summed E-state index contributed by atoms with van der Waals surface area (Å²) in [7, 11) is 0. The number of aryl methyl sites for hydroxylation is 2. The summed E-state index contributed by atoms with van der Waals surface area (Å²) in [4.78, 5) is 14.3. The fraction of sp³-hybridized carbons (Fsp3) is 0.500. The zero-order chi connectivity index (χ0) is 14.8. The van der Waals surface area contributed by atoms with Gasteiger partial charge in [0.05, 0.1) is 0 Å². The lowest BCUT2D eigenvalue weighted by Crippen LogP contribution is -2.24. The van der Waals surface area contributed by atoms with Gasteiger partial charge in [0.2, 0.25) is 0 Å². The van der Waals surface area contributed by atoms with E-state index >= 15 is 0 Å². The van der Waals surface area contributed by atoms with Crippen molar-refractivity contribution in [3.8, 4) is 0 Å². The lowest BCUT2D eigenvalue weighted by molar-refractivity contribution is 0.277. The van der Waals surface area contributed by atoms with Crippen molar-refractivity contribution in [3.05, 3.63) is 45.3 Å². The van der Waals surface area contributed by atoms with Crippen molar-refractivity contribution in [3.63, 3.8) is 0 Å². The predicted molar refractivity (Wildman–Crippen MR) is 85.7 cm³/mol. The van der Waals surface area contributed by atoms with Crippen LogP contribution < -0.4 is 5.63 Å². The summed E-state index contributed by atoms with van der Waals surface area (Å²) in [6.07, 6.45) is 5.17. The maximum atomic E-state index is 11.8. The predicted octanol–water partition coefficient (Wildman–Crippen LogP) is 3.79. The second kappa shape index (κ2) is 6.02. The van der Waals surface area contributed by atoms with Crippen LogP contribution >= 0.6 is 0 Å². The van der Waals surface area contributed by atoms with Gasteiger partial charge in [0.15, 0.2) is 0 Å². The minimum absolute atomic E-state index is 0.240. The Morgan fingerprint density at radius 2 is 1.67 bits per heavy atom. The highest BCUT2D eigenvalue weighted by atomic mass is 16.4. The van der Waals surface area contributed by atoms with E-state index < -0.39 is 0 Å². The zero-order valence-electron chi connectivity index (χ0n) is 12.9. The van der Waals surface area contributed by atoms with E-state index in [0.29, 0.717) is 0 Å². The number of fused-ring (bicyclic) bond motifs is 1. The van der Waals surface area contributed by atoms with E-state index in [9.17, 15) is 4.79 Å². The largest absolute Gasteiger partial charge is 0.423 e. The fourth-order valence-electron chi connectivity index (χ4n) is 3.15. The maximum absolute atomic E-state index is 11.8. The van der Waals surface area contributed by atoms with Gasteiger partial charge in [-0.15, -0.1) is 0 Å². The van der Waals surface area contributed by atoms with Gasteiger partial charge in [-0.1, -0.05) is 12.8 Å². The van der Waals surface area contributed by atoms with Crippen LogP contribution in [0.5, 0.6) is 0 Å². The van der Waals surface area contributed by atoms with E-state index in [0.717, 1.165) is 41.7 Å². The quantitative estimate of drug-likeness (QED) is 0.787. The molecule has 1 aliphatic rings. The van der Waals surface area contributed by atoms with Crippen LogP contribution in [0.25, 0.3) is 11.0 Å². The van der Waals surface area contributed by atoms with E-state index in [2.05, 4.69) is 24.8 Å². The summed E-state index contributed by atoms with van der Waals surface area (Å²) < 4.78 is 5.38. The van der Waals surface area contributed by atoms with Crippen molar-refractivity contribution in [1.29, 1.82) is 0 Å². The van der Waals surface area contributed by atoms with Crippen molar-refractivity contribution < 1.29 is 4.42 Å². The van der Waals surface area contributed by atoms with Gasteiger partial charge in [-0.2, -0.15) is 0 Å². The first-order valence-corrected chi connectivity index (χ1v) is 7.90. The summed E-state index contributed by atoms with van der Waals surface area (Å²) >= 11 is 0. The fourth-order valence-corrected chi connectivity index (χ4v) is 3.15. The van der Waals surface area contributed by atoms with Crippen LogP contribution in [-0.2, 0) is 6.54 Å². The minimum atomic E-state index is -0.240. The molecule has 112 valence electrons. The standard InChI is InChI=1S/C18H23NO2/c1-13-9-16-15(12-19-7-5-3-4-6-8-19)11-18(20)21-17(16)10-14(13)2/h9-11H,3-8,12H2,1-2H3. The molecule has 1 fully saturated rings. The van der Waals surface area contributed by atoms with Gasteiger partial charge < -0.3 is 4.42 Å². The molecular formula is C18H23NO2. The van der Waals surface area contributed by atoms with Crippen molar-refractivity contribution >= 4 is 11.0 Å². The average Bonchev–Trinajstić information content (AvgIpc) is 2.69. The monoisotopic (exact) mass is 285 g/mol. The van der Waals surface area contributed by atoms with Crippen LogP contribution in [0.2, 0.25) is 0 Å². The molecule has 2 heterocycles. The van der Waals surface area contributed by atoms with Crippen molar-refractivity contribution in [2.45, 2.75) is 46.1 Å². The highest BCUT2D eigenvalue weighted by Crippen LogP contribution is 2.23. The van der Waals surface area contributed by atoms with Gasteiger partial charge in [-0.3, -0.25) is 4.90 Å². The zero-order valence-corrected chi connectivity index (χ0v) is 12.9. The Hall–Kier alpha value is -1.61. The molecule has 2 aromatic rings. The highest BCUT2D eigenvalue weighted by Gasteiger charge is 2.13. The smallest absolute Gasteiger partial charge is 0.336 e. The summed E-state index contributed by atoms with van der Waals surface area (Å²) in [6.45, 7) is 7.27. The molecule has 0 N–H and O–H groups in total. The number of nitrogens with zero attached hydrogens (tertiary/aromatic N) is 1. The molecule has 21 heavy (non-hydrogen) atoms. The van der Waals surface area contributed by atoms with E-state index in [4.69, 9.17) is 4.42 Å². The molecule has 0 aliphatic carbocycles. The first-order valence-electron chi connectivity index (χ1n) is 7.90. The maximum Gasteiger partial charge on any atom is 0.336 e. The summed E-state index contributed by atoms with van der Waals surface area (Å²) in [5, 5.41) is 1.09. The van der Waals surface area contributed by atoms with Crippen LogP contribution in [0.3, 0.4) is 0 Å². The van der Waals surface area contributed by atoms with Gasteiger partial charge >= 0.3 is 5.63 Å². The van der Waals surface area contributed by atoms with E-state index in [1.54, 1.807) is 6.07 Å². The van der Waals surface area contributed by atoms with Crippen LogP contribution in [0.4, 0.5) is 0 Å². The molecule has 0 amide bonds. The summed E-state index contributed by atoms with van der Waals surface area (Å²) in [5.74, 6) is 0. The third kappa shape index (κ3) is 3.18. The Kier molecular flexibility index (Phi) is 4.11. The second-order valence-corrected chi connectivity index (χ2v) is 6.21. The highest BCUT2D eigenvalue weighted by molar-refractivity contribution is 5.81. The van der Waals surface area contributed by atoms with Gasteiger partial charge in [0, 0.05) is 18.0 Å². The molecule has 0 radical (unpaired) electrons. The Balaban J connectivity index is 2.00. The second-order valence-electron chi connectivity index (χ2n) is 6.21. The van der Waals surface area contributed by atoms with Gasteiger partial charge in [0.1, 0.15) is 5.58 Å². The minimum Gasteiger partial charge on any atom is -0.423 e. The lowest BCUT2D eigenvalue weighted by Gasteiger charge is -2.20. The topological polar surface area (TPSA) is 33.5 Å². The van der Waals surface area contributed by atoms with E-state index in [-0.39, 0.29) is 5.63 Å². The van der Waals surface area contributed by atoms with Crippen LogP contribution in [-0.4, -0.2) is 18.0 Å². The summed E-state index contributed by atoms with van der Waals surface area (Å²) in [6, 6.07) is 5.81.